The van der Waals surface area contributed by atoms with Gasteiger partial charge in [0.05, 0.1) is 37.6 Å². The number of esters is 2. The van der Waals surface area contributed by atoms with Crippen LogP contribution in [0, 0.1) is 29.1 Å². The van der Waals surface area contributed by atoms with Crippen LogP contribution in [0.15, 0.2) is 35.5 Å². The van der Waals surface area contributed by atoms with Crippen molar-refractivity contribution in [2.75, 3.05) is 26.9 Å². The Morgan fingerprint density at radius 3 is 2.40 bits per heavy atom. The fourth-order valence-electron chi connectivity index (χ4n) is 7.89. The maximum atomic E-state index is 12.2. The molecule has 4 rings (SSSR count). The van der Waals surface area contributed by atoms with Gasteiger partial charge in [-0.15, -0.1) is 6.58 Å². The molecule has 12 nitrogen and oxygen atoms in total. The van der Waals surface area contributed by atoms with Crippen LogP contribution in [0.25, 0.3) is 0 Å². The molecule has 12 heteroatoms. The van der Waals surface area contributed by atoms with Crippen molar-refractivity contribution >= 4 is 11.9 Å². The molecule has 48 heavy (non-hydrogen) atoms. The second-order valence-corrected chi connectivity index (χ2v) is 14.7. The summed E-state index contributed by atoms with van der Waals surface area (Å²) in [5.41, 5.74) is 0.750. The lowest BCUT2D eigenvalue weighted by Gasteiger charge is -2.47. The van der Waals surface area contributed by atoms with Crippen molar-refractivity contribution in [2.24, 2.45) is 29.1 Å². The highest BCUT2D eigenvalue weighted by Gasteiger charge is 2.56. The molecule has 0 aromatic heterocycles. The molecule has 3 aliphatic carbocycles. The lowest BCUT2D eigenvalue weighted by Crippen LogP contribution is -2.62. The zero-order chi connectivity index (χ0) is 35.7. The van der Waals surface area contributed by atoms with Crippen LogP contribution in [-0.4, -0.2) is 114 Å². The molecule has 1 aliphatic heterocycles. The van der Waals surface area contributed by atoms with Crippen LogP contribution in [0.2, 0.25) is 0 Å². The molecule has 0 bridgehead atoms. The molecule has 0 amide bonds. The molecule has 4 N–H and O–H groups in total. The number of rotatable bonds is 12. The number of aliphatic hydroxyl groups is 4. The average molecular weight is 681 g/mol. The number of hydrogen-bond donors (Lipinski definition) is 4. The number of hydrogen-bond acceptors (Lipinski definition) is 12. The first-order chi connectivity index (χ1) is 22.4. The van der Waals surface area contributed by atoms with Gasteiger partial charge in [-0.1, -0.05) is 37.1 Å². The Morgan fingerprint density at radius 2 is 1.79 bits per heavy atom. The molecule has 0 radical (unpaired) electrons. The van der Waals surface area contributed by atoms with Gasteiger partial charge in [-0.3, -0.25) is 9.59 Å². The number of ether oxygens (including phenoxy) is 6. The third kappa shape index (κ3) is 7.91. The van der Waals surface area contributed by atoms with E-state index in [1.807, 2.05) is 20.8 Å². The largest absolute Gasteiger partial charge is 0.465 e. The van der Waals surface area contributed by atoms with E-state index in [0.717, 1.165) is 24.0 Å². The molecule has 0 aromatic carbocycles. The Hall–Kier alpha value is -2.16. The molecule has 1 heterocycles. The molecule has 272 valence electrons. The highest BCUT2D eigenvalue weighted by Crippen LogP contribution is 2.56. The van der Waals surface area contributed by atoms with Gasteiger partial charge in [0.1, 0.15) is 24.4 Å². The normalized spacial score (nSPS) is 39.1. The molecule has 13 atom stereocenters. The van der Waals surface area contributed by atoms with Crippen molar-refractivity contribution in [3.63, 3.8) is 0 Å². The van der Waals surface area contributed by atoms with Crippen LogP contribution in [0.3, 0.4) is 0 Å². The molecule has 1 saturated heterocycles. The monoisotopic (exact) mass is 680 g/mol. The first-order valence-electron chi connectivity index (χ1n) is 17.0. The van der Waals surface area contributed by atoms with E-state index >= 15 is 0 Å². The van der Waals surface area contributed by atoms with Crippen molar-refractivity contribution in [3.8, 4) is 0 Å². The Balaban J connectivity index is 1.80. The highest BCUT2D eigenvalue weighted by molar-refractivity contribution is 5.66. The van der Waals surface area contributed by atoms with Crippen LogP contribution in [0.5, 0.6) is 0 Å². The van der Waals surface area contributed by atoms with Gasteiger partial charge in [-0.25, -0.2) is 0 Å². The minimum atomic E-state index is -1.67. The predicted molar refractivity (Wildman–Crippen MR) is 174 cm³/mol. The zero-order valence-electron chi connectivity index (χ0n) is 29.6. The fraction of sp³-hybridized carbons (Fsp3) is 0.778. The molecule has 1 saturated carbocycles. The van der Waals surface area contributed by atoms with Crippen molar-refractivity contribution in [2.45, 2.75) is 122 Å². The van der Waals surface area contributed by atoms with E-state index in [1.165, 1.54) is 13.8 Å². The van der Waals surface area contributed by atoms with Gasteiger partial charge < -0.3 is 48.8 Å². The third-order valence-electron chi connectivity index (χ3n) is 10.8. The first kappa shape index (κ1) is 38.6. The SMILES string of the molecule is C=CC(C)(C)OC[C@@H]1O[C@H](O[C@@H]2C3=C([C@H](C)COC(C)=O)C[C@H](O)[C@]3(C)C=C3[C@@H](COC)CC[C@H]3[C@@H](C)[C@H]2O)[C@@H](O)[C@@H](O)[C@@H]1OC(C)=O. The third-order valence-corrected chi connectivity index (χ3v) is 10.8. The Morgan fingerprint density at radius 1 is 1.10 bits per heavy atom. The van der Waals surface area contributed by atoms with Crippen LogP contribution < -0.4 is 0 Å². The summed E-state index contributed by atoms with van der Waals surface area (Å²) in [7, 11) is 1.66. The Bertz CT molecular complexity index is 1240. The summed E-state index contributed by atoms with van der Waals surface area (Å²) in [5.74, 6) is -1.65. The van der Waals surface area contributed by atoms with E-state index in [2.05, 4.69) is 12.7 Å². The van der Waals surface area contributed by atoms with E-state index in [0.29, 0.717) is 12.2 Å². The summed E-state index contributed by atoms with van der Waals surface area (Å²) in [6, 6.07) is 0. The standard InChI is InChI=1S/C36H56O12/c1-10-35(6,7)45-17-26-32(46-21(5)38)30(41)31(42)34(47-26)48-33-28-24(18(2)15-44-20(4)37)13-27(39)36(28,8)14-25-22(16-43-9)11-12-23(25)19(3)29(33)40/h10,14,18-19,22-23,26-27,29-34,39-42H,1,11-13,15-17H2,2-9H3/t18-,19-,22-,23+,26+,27+,29-,30-,31+,32-,33-,34-,36+/m1/s1. The van der Waals surface area contributed by atoms with E-state index < -0.39 is 72.0 Å². The molecular weight excluding hydrogens is 624 g/mol. The lowest BCUT2D eigenvalue weighted by atomic mass is 9.68. The van der Waals surface area contributed by atoms with Gasteiger partial charge in [-0.2, -0.15) is 0 Å². The number of aliphatic hydroxyl groups excluding tert-OH is 4. The van der Waals surface area contributed by atoms with Crippen molar-refractivity contribution in [1.29, 1.82) is 0 Å². The van der Waals surface area contributed by atoms with E-state index in [-0.39, 0.29) is 43.3 Å². The summed E-state index contributed by atoms with van der Waals surface area (Å²) >= 11 is 0. The van der Waals surface area contributed by atoms with Crippen LogP contribution >= 0.6 is 0 Å². The number of carbonyl (C=O) groups excluding carboxylic acids is 2. The molecule has 0 spiro atoms. The van der Waals surface area contributed by atoms with Gasteiger partial charge in [0, 0.05) is 38.2 Å². The van der Waals surface area contributed by atoms with E-state index in [1.54, 1.807) is 27.0 Å². The van der Waals surface area contributed by atoms with Gasteiger partial charge in [0.15, 0.2) is 12.4 Å². The maximum absolute atomic E-state index is 12.2. The smallest absolute Gasteiger partial charge is 0.303 e. The molecule has 2 fully saturated rings. The summed E-state index contributed by atoms with van der Waals surface area (Å²) in [6.07, 6.45) is -4.53. The summed E-state index contributed by atoms with van der Waals surface area (Å²) in [6.45, 7) is 16.1. The topological polar surface area (TPSA) is 170 Å². The van der Waals surface area contributed by atoms with Crippen LogP contribution in [0.1, 0.15) is 67.7 Å². The van der Waals surface area contributed by atoms with Gasteiger partial charge in [-0.05, 0) is 57.4 Å². The summed E-state index contributed by atoms with van der Waals surface area (Å²) in [4.78, 5) is 23.7. The quantitative estimate of drug-likeness (QED) is 0.176. The van der Waals surface area contributed by atoms with Crippen LogP contribution in [0.4, 0.5) is 0 Å². The maximum Gasteiger partial charge on any atom is 0.303 e. The summed E-state index contributed by atoms with van der Waals surface area (Å²) in [5, 5.41) is 46.6. The van der Waals surface area contributed by atoms with E-state index in [9.17, 15) is 30.0 Å². The van der Waals surface area contributed by atoms with Gasteiger partial charge in [0.2, 0.25) is 0 Å². The number of methoxy groups -OCH3 is 1. The molecular formula is C36H56O12. The minimum absolute atomic E-state index is 0.0160. The Labute approximate surface area is 284 Å². The number of carbonyl (C=O) groups is 2. The van der Waals surface area contributed by atoms with E-state index in [4.69, 9.17) is 28.4 Å². The second kappa shape index (κ2) is 15.4. The van der Waals surface area contributed by atoms with Crippen molar-refractivity contribution in [1.82, 2.24) is 0 Å². The van der Waals surface area contributed by atoms with Gasteiger partial charge in [0.25, 0.3) is 0 Å². The fourth-order valence-corrected chi connectivity index (χ4v) is 7.89. The van der Waals surface area contributed by atoms with Gasteiger partial charge >= 0.3 is 11.9 Å². The molecule has 4 aliphatic rings. The second-order valence-electron chi connectivity index (χ2n) is 14.7. The van der Waals surface area contributed by atoms with Crippen LogP contribution in [-0.2, 0) is 38.0 Å². The predicted octanol–water partition coefficient (Wildman–Crippen LogP) is 2.61. The highest BCUT2D eigenvalue weighted by atomic mass is 16.7. The first-order valence-corrected chi connectivity index (χ1v) is 17.0. The summed E-state index contributed by atoms with van der Waals surface area (Å²) < 4.78 is 35.1. The molecule has 0 unspecified atom stereocenters. The van der Waals surface area contributed by atoms with Crippen molar-refractivity contribution < 1.29 is 58.4 Å². The Kier molecular flexibility index (Phi) is 12.4. The number of fused-ring (bicyclic) bond motifs is 2. The minimum Gasteiger partial charge on any atom is -0.465 e. The zero-order valence-corrected chi connectivity index (χ0v) is 29.6. The lowest BCUT2D eigenvalue weighted by molar-refractivity contribution is -0.320. The molecule has 0 aromatic rings. The van der Waals surface area contributed by atoms with Crippen molar-refractivity contribution in [3.05, 3.63) is 35.5 Å². The average Bonchev–Trinajstić information content (AvgIpc) is 3.52.